The largest absolute Gasteiger partial charge is 0.317 e. The monoisotopic (exact) mass is 245 g/mol. The van der Waals surface area contributed by atoms with Crippen LogP contribution in [0, 0.1) is 6.92 Å². The number of thiophene rings is 1. The number of anilines is 1. The van der Waals surface area contributed by atoms with Gasteiger partial charge in [-0.05, 0) is 31.5 Å². The van der Waals surface area contributed by atoms with Crippen LogP contribution in [-0.2, 0) is 4.79 Å². The molecular weight excluding hydrogens is 230 g/mol. The number of hydrogen-bond acceptors (Lipinski definition) is 2. The minimum Gasteiger partial charge on any atom is -0.317 e. The van der Waals surface area contributed by atoms with E-state index in [1.807, 2.05) is 56.3 Å². The fourth-order valence-corrected chi connectivity index (χ4v) is 2.40. The molecule has 1 N–H and O–H groups in total. The molecule has 0 saturated heterocycles. The molecule has 0 bridgehead atoms. The van der Waals surface area contributed by atoms with Gasteiger partial charge in [0.05, 0.1) is 10.9 Å². The Morgan fingerprint density at radius 2 is 1.88 bits per heavy atom. The van der Waals surface area contributed by atoms with Crippen molar-refractivity contribution in [3.8, 4) is 0 Å². The number of carbonyl (C=O) groups is 1. The molecule has 0 radical (unpaired) electrons. The zero-order chi connectivity index (χ0) is 12.3. The van der Waals surface area contributed by atoms with E-state index in [2.05, 4.69) is 5.32 Å². The van der Waals surface area contributed by atoms with Crippen LogP contribution >= 0.6 is 11.3 Å². The van der Waals surface area contributed by atoms with Crippen LogP contribution in [0.15, 0.2) is 42.5 Å². The van der Waals surface area contributed by atoms with E-state index in [1.54, 1.807) is 11.3 Å². The third kappa shape index (κ3) is 2.94. The summed E-state index contributed by atoms with van der Waals surface area (Å²) in [7, 11) is 0. The fourth-order valence-electron chi connectivity index (χ4n) is 1.62. The highest BCUT2D eigenvalue weighted by atomic mass is 32.1. The summed E-state index contributed by atoms with van der Waals surface area (Å²) < 4.78 is 0. The van der Waals surface area contributed by atoms with Gasteiger partial charge >= 0.3 is 0 Å². The molecular formula is C14H15NOS. The van der Waals surface area contributed by atoms with Crippen molar-refractivity contribution in [2.24, 2.45) is 0 Å². The van der Waals surface area contributed by atoms with Gasteiger partial charge in [0, 0.05) is 4.88 Å². The number of aryl methyl sites for hydroxylation is 1. The molecule has 1 aromatic carbocycles. The van der Waals surface area contributed by atoms with E-state index in [0.717, 1.165) is 10.6 Å². The molecule has 88 valence electrons. The zero-order valence-electron chi connectivity index (χ0n) is 9.94. The predicted octanol–water partition coefficient (Wildman–Crippen LogP) is 3.80. The van der Waals surface area contributed by atoms with Gasteiger partial charge in [0.1, 0.15) is 0 Å². The van der Waals surface area contributed by atoms with Gasteiger partial charge in [-0.1, -0.05) is 30.3 Å². The van der Waals surface area contributed by atoms with Crippen molar-refractivity contribution in [2.75, 3.05) is 5.32 Å². The van der Waals surface area contributed by atoms with Crippen LogP contribution in [0.3, 0.4) is 0 Å². The molecule has 0 aliphatic heterocycles. The molecule has 2 nitrogen and oxygen atoms in total. The van der Waals surface area contributed by atoms with Gasteiger partial charge in [-0.25, -0.2) is 0 Å². The third-order valence-electron chi connectivity index (χ3n) is 2.68. The molecule has 2 aromatic rings. The standard InChI is InChI=1S/C14H15NOS/c1-10-8-9-13(17-10)15-14(16)11(2)12-6-4-3-5-7-12/h3-9,11H,1-2H3,(H,15,16). The molecule has 0 aliphatic carbocycles. The van der Waals surface area contributed by atoms with E-state index in [9.17, 15) is 4.79 Å². The molecule has 17 heavy (non-hydrogen) atoms. The van der Waals surface area contributed by atoms with Gasteiger partial charge in [0.2, 0.25) is 5.91 Å². The molecule has 0 fully saturated rings. The third-order valence-corrected chi connectivity index (χ3v) is 3.60. The molecule has 0 aliphatic rings. The van der Waals surface area contributed by atoms with E-state index >= 15 is 0 Å². The van der Waals surface area contributed by atoms with Crippen molar-refractivity contribution < 1.29 is 4.79 Å². The molecule has 1 amide bonds. The number of carbonyl (C=O) groups excluding carboxylic acids is 1. The first kappa shape index (κ1) is 11.9. The summed E-state index contributed by atoms with van der Waals surface area (Å²) in [4.78, 5) is 13.2. The smallest absolute Gasteiger partial charge is 0.232 e. The Kier molecular flexibility index (Phi) is 3.59. The first-order valence-corrected chi connectivity index (χ1v) is 6.40. The van der Waals surface area contributed by atoms with Crippen LogP contribution in [0.25, 0.3) is 0 Å². The van der Waals surface area contributed by atoms with Crippen LogP contribution in [0.2, 0.25) is 0 Å². The highest BCUT2D eigenvalue weighted by Crippen LogP contribution is 2.23. The van der Waals surface area contributed by atoms with Gasteiger partial charge in [0.25, 0.3) is 0 Å². The Morgan fingerprint density at radius 1 is 1.18 bits per heavy atom. The number of benzene rings is 1. The van der Waals surface area contributed by atoms with E-state index in [1.165, 1.54) is 4.88 Å². The first-order valence-electron chi connectivity index (χ1n) is 5.59. The Labute approximate surface area is 105 Å². The highest BCUT2D eigenvalue weighted by Gasteiger charge is 2.15. The summed E-state index contributed by atoms with van der Waals surface area (Å²) in [5.74, 6) is -0.0864. The minimum atomic E-state index is -0.126. The maximum Gasteiger partial charge on any atom is 0.232 e. The molecule has 1 atom stereocenters. The van der Waals surface area contributed by atoms with Crippen molar-refractivity contribution in [1.82, 2.24) is 0 Å². The number of rotatable bonds is 3. The molecule has 1 heterocycles. The maximum absolute atomic E-state index is 12.0. The second kappa shape index (κ2) is 5.15. The van der Waals surface area contributed by atoms with Gasteiger partial charge in [-0.15, -0.1) is 11.3 Å². The molecule has 0 spiro atoms. The van der Waals surface area contributed by atoms with Crippen LogP contribution in [0.1, 0.15) is 23.3 Å². The van der Waals surface area contributed by atoms with E-state index in [0.29, 0.717) is 0 Å². The highest BCUT2D eigenvalue weighted by molar-refractivity contribution is 7.16. The summed E-state index contributed by atoms with van der Waals surface area (Å²) in [6.45, 7) is 3.95. The van der Waals surface area contributed by atoms with Crippen molar-refractivity contribution >= 4 is 22.2 Å². The maximum atomic E-state index is 12.0. The lowest BCUT2D eigenvalue weighted by Gasteiger charge is -2.11. The number of nitrogens with one attached hydrogen (secondary N) is 1. The van der Waals surface area contributed by atoms with Crippen molar-refractivity contribution in [2.45, 2.75) is 19.8 Å². The molecule has 3 heteroatoms. The second-order valence-electron chi connectivity index (χ2n) is 4.03. The average molecular weight is 245 g/mol. The van der Waals surface area contributed by atoms with Crippen molar-refractivity contribution in [3.63, 3.8) is 0 Å². The topological polar surface area (TPSA) is 29.1 Å². The van der Waals surface area contributed by atoms with Gasteiger partial charge < -0.3 is 5.32 Å². The number of hydrogen-bond donors (Lipinski definition) is 1. The van der Waals surface area contributed by atoms with Crippen molar-refractivity contribution in [3.05, 3.63) is 52.9 Å². The predicted molar refractivity (Wildman–Crippen MR) is 72.5 cm³/mol. The van der Waals surface area contributed by atoms with E-state index < -0.39 is 0 Å². The summed E-state index contributed by atoms with van der Waals surface area (Å²) in [6.07, 6.45) is 0. The SMILES string of the molecule is Cc1ccc(NC(=O)C(C)c2ccccc2)s1. The van der Waals surface area contributed by atoms with Crippen LogP contribution in [0.4, 0.5) is 5.00 Å². The summed E-state index contributed by atoms with van der Waals surface area (Å²) >= 11 is 1.60. The summed E-state index contributed by atoms with van der Waals surface area (Å²) in [5.41, 5.74) is 1.04. The fraction of sp³-hybridized carbons (Fsp3) is 0.214. The molecule has 2 rings (SSSR count). The van der Waals surface area contributed by atoms with Crippen LogP contribution < -0.4 is 5.32 Å². The summed E-state index contributed by atoms with van der Waals surface area (Å²) in [6, 6.07) is 13.8. The molecule has 1 aromatic heterocycles. The lowest BCUT2D eigenvalue weighted by Crippen LogP contribution is -2.18. The van der Waals surface area contributed by atoms with Gasteiger partial charge in [0.15, 0.2) is 0 Å². The second-order valence-corrected chi connectivity index (χ2v) is 5.32. The van der Waals surface area contributed by atoms with Crippen LogP contribution in [-0.4, -0.2) is 5.91 Å². The zero-order valence-corrected chi connectivity index (χ0v) is 10.8. The Morgan fingerprint density at radius 3 is 2.47 bits per heavy atom. The number of amides is 1. The Bertz CT molecular complexity index is 504. The quantitative estimate of drug-likeness (QED) is 0.875. The van der Waals surface area contributed by atoms with Gasteiger partial charge in [-0.2, -0.15) is 0 Å². The van der Waals surface area contributed by atoms with Crippen molar-refractivity contribution in [1.29, 1.82) is 0 Å². The first-order chi connectivity index (χ1) is 8.16. The Balaban J connectivity index is 2.06. The normalized spacial score (nSPS) is 12.1. The minimum absolute atomic E-state index is 0.0399. The Hall–Kier alpha value is -1.61. The molecule has 0 saturated carbocycles. The molecule has 1 unspecified atom stereocenters. The van der Waals surface area contributed by atoms with E-state index in [4.69, 9.17) is 0 Å². The average Bonchev–Trinajstić information content (AvgIpc) is 2.75. The van der Waals surface area contributed by atoms with Gasteiger partial charge in [-0.3, -0.25) is 4.79 Å². The lowest BCUT2D eigenvalue weighted by atomic mass is 10.0. The van der Waals surface area contributed by atoms with Crippen LogP contribution in [0.5, 0.6) is 0 Å². The van der Waals surface area contributed by atoms with E-state index in [-0.39, 0.29) is 11.8 Å². The summed E-state index contributed by atoms with van der Waals surface area (Å²) in [5, 5.41) is 3.85. The lowest BCUT2D eigenvalue weighted by molar-refractivity contribution is -0.117.